The third-order valence-electron chi connectivity index (χ3n) is 3.40. The normalized spacial score (nSPS) is 14.2. The molecule has 2 aromatic rings. The molecule has 1 amide bonds. The molecule has 0 radical (unpaired) electrons. The molecule has 0 fully saturated rings. The van der Waals surface area contributed by atoms with E-state index in [1.54, 1.807) is 29.5 Å². The molecule has 0 bridgehead atoms. The summed E-state index contributed by atoms with van der Waals surface area (Å²) in [5, 5.41) is 2.08. The fourth-order valence-corrected chi connectivity index (χ4v) is 3.26. The van der Waals surface area contributed by atoms with Crippen molar-refractivity contribution in [3.8, 4) is 0 Å². The van der Waals surface area contributed by atoms with E-state index in [0.717, 1.165) is 13.0 Å². The van der Waals surface area contributed by atoms with Gasteiger partial charge in [-0.1, -0.05) is 0 Å². The van der Waals surface area contributed by atoms with Gasteiger partial charge in [0.2, 0.25) is 0 Å². The second kappa shape index (κ2) is 4.59. The van der Waals surface area contributed by atoms with Crippen molar-refractivity contribution in [1.29, 1.82) is 0 Å². The van der Waals surface area contributed by atoms with Gasteiger partial charge >= 0.3 is 0 Å². The van der Waals surface area contributed by atoms with Crippen LogP contribution in [-0.4, -0.2) is 17.4 Å². The van der Waals surface area contributed by atoms with E-state index >= 15 is 0 Å². The monoisotopic (exact) mass is 273 g/mol. The Balaban J connectivity index is 1.85. The minimum absolute atomic E-state index is 0.0191. The minimum atomic E-state index is -0.0191. The van der Waals surface area contributed by atoms with Crippen molar-refractivity contribution in [1.82, 2.24) is 4.90 Å². The van der Waals surface area contributed by atoms with Gasteiger partial charge in [-0.05, 0) is 41.6 Å². The first-order chi connectivity index (χ1) is 9.15. The Bertz CT molecular complexity index is 635. The number of rotatable bonds is 1. The van der Waals surface area contributed by atoms with Crippen molar-refractivity contribution in [3.63, 3.8) is 0 Å². The first kappa shape index (κ1) is 12.0. The van der Waals surface area contributed by atoms with E-state index in [9.17, 15) is 4.79 Å². The lowest BCUT2D eigenvalue weighted by Gasteiger charge is -2.27. The van der Waals surface area contributed by atoms with Gasteiger partial charge in [0.1, 0.15) is 0 Å². The van der Waals surface area contributed by atoms with Crippen molar-refractivity contribution < 1.29 is 4.79 Å². The van der Waals surface area contributed by atoms with E-state index in [4.69, 9.17) is 11.5 Å². The zero-order chi connectivity index (χ0) is 13.4. The molecule has 1 aliphatic rings. The molecule has 0 spiro atoms. The SMILES string of the molecule is Nc1ccc(C(=O)N2CCc3sccc3C2)c(N)c1. The Hall–Kier alpha value is -2.01. The molecule has 3 rings (SSSR count). The molecule has 1 aromatic heterocycles. The third kappa shape index (κ3) is 2.17. The highest BCUT2D eigenvalue weighted by atomic mass is 32.1. The van der Waals surface area contributed by atoms with Crippen LogP contribution in [0.3, 0.4) is 0 Å². The molecule has 0 saturated heterocycles. The van der Waals surface area contributed by atoms with E-state index in [1.807, 2.05) is 4.90 Å². The van der Waals surface area contributed by atoms with Gasteiger partial charge < -0.3 is 16.4 Å². The van der Waals surface area contributed by atoms with Crippen LogP contribution in [0.15, 0.2) is 29.6 Å². The van der Waals surface area contributed by atoms with Gasteiger partial charge in [0, 0.05) is 29.3 Å². The molecule has 19 heavy (non-hydrogen) atoms. The predicted octanol–water partition coefficient (Wildman–Crippen LogP) is 2.11. The lowest BCUT2D eigenvalue weighted by Crippen LogP contribution is -2.35. The van der Waals surface area contributed by atoms with Crippen LogP contribution in [0.1, 0.15) is 20.8 Å². The average Bonchev–Trinajstić information content (AvgIpc) is 2.85. The van der Waals surface area contributed by atoms with Crippen molar-refractivity contribution in [2.75, 3.05) is 18.0 Å². The van der Waals surface area contributed by atoms with Crippen LogP contribution >= 0.6 is 11.3 Å². The maximum Gasteiger partial charge on any atom is 0.256 e. The van der Waals surface area contributed by atoms with Crippen LogP contribution in [-0.2, 0) is 13.0 Å². The molecule has 4 nitrogen and oxygen atoms in total. The van der Waals surface area contributed by atoms with Crippen molar-refractivity contribution in [3.05, 3.63) is 45.6 Å². The molecule has 0 unspecified atom stereocenters. The zero-order valence-electron chi connectivity index (χ0n) is 10.4. The van der Waals surface area contributed by atoms with Crippen LogP contribution in [0.25, 0.3) is 0 Å². The van der Waals surface area contributed by atoms with Crippen LogP contribution < -0.4 is 11.5 Å². The second-order valence-electron chi connectivity index (χ2n) is 4.69. The van der Waals surface area contributed by atoms with Gasteiger partial charge in [-0.25, -0.2) is 0 Å². The summed E-state index contributed by atoms with van der Waals surface area (Å²) in [4.78, 5) is 15.7. The number of hydrogen-bond acceptors (Lipinski definition) is 4. The van der Waals surface area contributed by atoms with E-state index in [1.165, 1.54) is 10.4 Å². The molecule has 0 saturated carbocycles. The maximum absolute atomic E-state index is 12.5. The predicted molar refractivity (Wildman–Crippen MR) is 78.0 cm³/mol. The van der Waals surface area contributed by atoms with Crippen molar-refractivity contribution in [2.45, 2.75) is 13.0 Å². The Morgan fingerprint density at radius 1 is 1.26 bits per heavy atom. The van der Waals surface area contributed by atoms with Crippen LogP contribution in [0.5, 0.6) is 0 Å². The van der Waals surface area contributed by atoms with E-state index in [-0.39, 0.29) is 5.91 Å². The molecule has 0 atom stereocenters. The van der Waals surface area contributed by atoms with Gasteiger partial charge in [-0.15, -0.1) is 11.3 Å². The number of anilines is 2. The van der Waals surface area contributed by atoms with Crippen molar-refractivity contribution in [2.24, 2.45) is 0 Å². The highest BCUT2D eigenvalue weighted by molar-refractivity contribution is 7.10. The average molecular weight is 273 g/mol. The van der Waals surface area contributed by atoms with Crippen molar-refractivity contribution >= 4 is 28.6 Å². The molecule has 2 heterocycles. The number of amides is 1. The van der Waals surface area contributed by atoms with Gasteiger partial charge in [0.05, 0.1) is 5.56 Å². The molecule has 5 heteroatoms. The summed E-state index contributed by atoms with van der Waals surface area (Å²) in [5.41, 5.74) is 14.3. The Kier molecular flexibility index (Phi) is 2.91. The number of hydrogen-bond donors (Lipinski definition) is 2. The number of nitrogens with zero attached hydrogens (tertiary/aromatic N) is 1. The lowest BCUT2D eigenvalue weighted by atomic mass is 10.1. The third-order valence-corrected chi connectivity index (χ3v) is 4.42. The molecule has 98 valence electrons. The van der Waals surface area contributed by atoms with Gasteiger partial charge in [-0.2, -0.15) is 0 Å². The molecular formula is C14H15N3OS. The van der Waals surface area contributed by atoms with E-state index < -0.39 is 0 Å². The quantitative estimate of drug-likeness (QED) is 0.782. The second-order valence-corrected chi connectivity index (χ2v) is 5.69. The number of carbonyl (C=O) groups is 1. The summed E-state index contributed by atoms with van der Waals surface area (Å²) in [7, 11) is 0. The fourth-order valence-electron chi connectivity index (χ4n) is 2.37. The summed E-state index contributed by atoms with van der Waals surface area (Å²) < 4.78 is 0. The lowest BCUT2D eigenvalue weighted by molar-refractivity contribution is 0.0737. The Labute approximate surface area is 115 Å². The van der Waals surface area contributed by atoms with Crippen LogP contribution in [0.2, 0.25) is 0 Å². The molecule has 0 aliphatic carbocycles. The molecule has 1 aliphatic heterocycles. The summed E-state index contributed by atoms with van der Waals surface area (Å²) in [6.07, 6.45) is 0.924. The number of nitrogen functional groups attached to an aromatic ring is 2. The number of carbonyl (C=O) groups excluding carboxylic acids is 1. The van der Waals surface area contributed by atoms with E-state index in [2.05, 4.69) is 11.4 Å². The number of thiophene rings is 1. The van der Waals surface area contributed by atoms with E-state index in [0.29, 0.717) is 23.5 Å². The molecule has 1 aromatic carbocycles. The zero-order valence-corrected chi connectivity index (χ0v) is 11.2. The minimum Gasteiger partial charge on any atom is -0.399 e. The highest BCUT2D eigenvalue weighted by Crippen LogP contribution is 2.26. The first-order valence-electron chi connectivity index (χ1n) is 6.14. The number of nitrogens with two attached hydrogens (primary N) is 2. The summed E-state index contributed by atoms with van der Waals surface area (Å²) in [6.45, 7) is 1.41. The highest BCUT2D eigenvalue weighted by Gasteiger charge is 2.23. The van der Waals surface area contributed by atoms with Crippen LogP contribution in [0, 0.1) is 0 Å². The van der Waals surface area contributed by atoms with Gasteiger partial charge in [0.15, 0.2) is 0 Å². The van der Waals surface area contributed by atoms with Gasteiger partial charge in [0.25, 0.3) is 5.91 Å². The van der Waals surface area contributed by atoms with Gasteiger partial charge in [-0.3, -0.25) is 4.79 Å². The standard InChI is InChI=1S/C14H15N3OS/c15-10-1-2-11(12(16)7-10)14(18)17-5-3-13-9(8-17)4-6-19-13/h1-2,4,6-7H,3,5,8,15-16H2. The van der Waals surface area contributed by atoms with Crippen LogP contribution in [0.4, 0.5) is 11.4 Å². The summed E-state index contributed by atoms with van der Waals surface area (Å²) >= 11 is 1.76. The Morgan fingerprint density at radius 3 is 2.89 bits per heavy atom. The smallest absolute Gasteiger partial charge is 0.256 e. The first-order valence-corrected chi connectivity index (χ1v) is 7.02. The molecule has 4 N–H and O–H groups in total. The summed E-state index contributed by atoms with van der Waals surface area (Å²) in [5.74, 6) is -0.0191. The largest absolute Gasteiger partial charge is 0.399 e. The topological polar surface area (TPSA) is 72.4 Å². The fraction of sp³-hybridized carbons (Fsp3) is 0.214. The number of benzene rings is 1. The number of fused-ring (bicyclic) bond motifs is 1. The summed E-state index contributed by atoms with van der Waals surface area (Å²) in [6, 6.07) is 7.14. The maximum atomic E-state index is 12.5. The molecular weight excluding hydrogens is 258 g/mol. The Morgan fingerprint density at radius 2 is 2.11 bits per heavy atom.